The highest BCUT2D eigenvalue weighted by Gasteiger charge is 2.68. The molecule has 2 aliphatic heterocycles. The van der Waals surface area contributed by atoms with Crippen LogP contribution in [0.4, 0.5) is 0 Å². The van der Waals surface area contributed by atoms with E-state index in [0.29, 0.717) is 0 Å². The number of carbonyl (C=O) groups is 1. The molecule has 0 amide bonds. The number of aromatic nitrogens is 2. The molecular weight excluding hydrogens is 639 g/mol. The van der Waals surface area contributed by atoms with Gasteiger partial charge in [-0.2, -0.15) is 8.42 Å². The van der Waals surface area contributed by atoms with Crippen molar-refractivity contribution in [2.75, 3.05) is 13.2 Å². The fourth-order valence-electron chi connectivity index (χ4n) is 4.56. The van der Waals surface area contributed by atoms with Crippen molar-refractivity contribution < 1.29 is 35.7 Å². The molecule has 4 atom stereocenters. The van der Waals surface area contributed by atoms with Crippen LogP contribution in [0.2, 0.25) is 36.3 Å². The monoisotopic (exact) mass is 687 g/mol. The zero-order valence-corrected chi connectivity index (χ0v) is 31.2. The van der Waals surface area contributed by atoms with Crippen molar-refractivity contribution in [2.24, 2.45) is 5.73 Å². The molecule has 0 bridgehead atoms. The van der Waals surface area contributed by atoms with Gasteiger partial charge in [-0.25, -0.2) is 13.8 Å². The van der Waals surface area contributed by atoms with Gasteiger partial charge in [0.1, 0.15) is 17.1 Å². The van der Waals surface area contributed by atoms with E-state index in [4.69, 9.17) is 28.2 Å². The summed E-state index contributed by atoms with van der Waals surface area (Å²) in [5.74, 6) is -0.767. The van der Waals surface area contributed by atoms with Gasteiger partial charge in [0.25, 0.3) is 15.7 Å². The molecule has 16 heteroatoms. The van der Waals surface area contributed by atoms with Crippen LogP contribution >= 0.6 is 0 Å². The molecule has 3 N–H and O–H groups in total. The van der Waals surface area contributed by atoms with Crippen LogP contribution in [0.3, 0.4) is 0 Å². The van der Waals surface area contributed by atoms with Crippen LogP contribution in [0.1, 0.15) is 60.3 Å². The molecule has 1 fully saturated rings. The number of allylic oxidation sites excluding steroid dienone is 1. The number of rotatable bonds is 9. The predicted molar refractivity (Wildman–Crippen MR) is 175 cm³/mol. The second-order valence-electron chi connectivity index (χ2n) is 14.6. The molecule has 0 aromatic carbocycles. The Balaban J connectivity index is 2.36. The first kappa shape index (κ1) is 37.1. The molecule has 1 spiro atoms. The molecule has 254 valence electrons. The van der Waals surface area contributed by atoms with Gasteiger partial charge < -0.3 is 24.1 Å². The number of aromatic amines is 1. The summed E-state index contributed by atoms with van der Waals surface area (Å²) >= 11 is 0. The highest BCUT2D eigenvalue weighted by atomic mass is 32.2. The Morgan fingerprint density at radius 3 is 2.22 bits per heavy atom. The summed E-state index contributed by atoms with van der Waals surface area (Å²) < 4.78 is 59.5. The summed E-state index contributed by atoms with van der Waals surface area (Å²) in [5, 5.41) is -0.581. The lowest BCUT2D eigenvalue weighted by Gasteiger charge is -2.43. The minimum atomic E-state index is -4.58. The van der Waals surface area contributed by atoms with Gasteiger partial charge >= 0.3 is 11.7 Å². The van der Waals surface area contributed by atoms with E-state index >= 15 is 0 Å². The van der Waals surface area contributed by atoms with Crippen LogP contribution in [0.25, 0.3) is 0 Å². The van der Waals surface area contributed by atoms with E-state index in [2.05, 4.69) is 25.8 Å². The summed E-state index contributed by atoms with van der Waals surface area (Å²) in [6.45, 7) is 23.3. The third-order valence-electron chi connectivity index (χ3n) is 9.37. The molecule has 45 heavy (non-hydrogen) atoms. The van der Waals surface area contributed by atoms with Crippen molar-refractivity contribution >= 4 is 32.7 Å². The Morgan fingerprint density at radius 2 is 1.69 bits per heavy atom. The van der Waals surface area contributed by atoms with Crippen molar-refractivity contribution in [1.82, 2.24) is 9.55 Å². The van der Waals surface area contributed by atoms with Gasteiger partial charge in [-0.15, -0.1) is 0 Å². The van der Waals surface area contributed by atoms with Crippen LogP contribution in [0.5, 0.6) is 0 Å². The van der Waals surface area contributed by atoms with Gasteiger partial charge in [0.05, 0.1) is 18.9 Å². The number of ether oxygens (including phenoxy) is 2. The summed E-state index contributed by atoms with van der Waals surface area (Å²) in [7, 11) is -9.82. The fourth-order valence-corrected chi connectivity index (χ4v) is 8.25. The molecule has 13 nitrogen and oxygen atoms in total. The lowest BCUT2D eigenvalue weighted by Crippen LogP contribution is -2.59. The maximum atomic E-state index is 13.7. The van der Waals surface area contributed by atoms with Crippen molar-refractivity contribution in [3.63, 3.8) is 0 Å². The lowest BCUT2D eigenvalue weighted by atomic mass is 9.88. The highest BCUT2D eigenvalue weighted by molar-refractivity contribution is 7.91. The number of carbonyl (C=O) groups excluding carboxylic acids is 1. The van der Waals surface area contributed by atoms with Crippen molar-refractivity contribution in [1.29, 1.82) is 0 Å². The SMILES string of the molecule is CCOC(=O)/C=C/C1=C(N)[C@@]2(OS1(=O)=O)[C@@H](CO[Si](C)(C)C(C)(C)C)O[C@@H](n1cc(C)c(=O)[nH]c1=O)[C@@H]2O[Si](C)(C)C(C)(C)C. The zero-order valence-electron chi connectivity index (χ0n) is 28.4. The molecule has 3 heterocycles. The Morgan fingerprint density at radius 1 is 1.11 bits per heavy atom. The van der Waals surface area contributed by atoms with Crippen molar-refractivity contribution in [3.8, 4) is 0 Å². The second-order valence-corrected chi connectivity index (χ2v) is 25.6. The van der Waals surface area contributed by atoms with Gasteiger partial charge in [-0.1, -0.05) is 41.5 Å². The summed E-state index contributed by atoms with van der Waals surface area (Å²) in [4.78, 5) is 39.5. The molecule has 0 radical (unpaired) electrons. The largest absolute Gasteiger partial charge is 0.463 e. The third kappa shape index (κ3) is 7.01. The van der Waals surface area contributed by atoms with Crippen LogP contribution in [0, 0.1) is 6.92 Å². The van der Waals surface area contributed by atoms with Crippen molar-refractivity contribution in [2.45, 2.75) is 116 Å². The molecule has 0 aliphatic carbocycles. The van der Waals surface area contributed by atoms with E-state index < -0.39 is 72.9 Å². The highest BCUT2D eigenvalue weighted by Crippen LogP contribution is 2.53. The molecular formula is C29H49N3O10SSi2. The summed E-state index contributed by atoms with van der Waals surface area (Å²) in [5.41, 5.74) is 3.36. The van der Waals surface area contributed by atoms with Crippen LogP contribution in [-0.2, 0) is 37.4 Å². The summed E-state index contributed by atoms with van der Waals surface area (Å²) in [6.07, 6.45) is -0.428. The first-order chi connectivity index (χ1) is 20.3. The van der Waals surface area contributed by atoms with Gasteiger partial charge in [0, 0.05) is 17.8 Å². The molecule has 0 unspecified atom stereocenters. The normalized spacial score (nSPS) is 25.9. The Bertz CT molecular complexity index is 1600. The van der Waals surface area contributed by atoms with Gasteiger partial charge in [0.2, 0.25) is 0 Å². The lowest BCUT2D eigenvalue weighted by molar-refractivity contribution is -0.137. The topological polar surface area (TPSA) is 178 Å². The number of esters is 1. The molecule has 1 saturated heterocycles. The first-order valence-corrected chi connectivity index (χ1v) is 22.1. The summed E-state index contributed by atoms with van der Waals surface area (Å²) in [6, 6.07) is 0. The average Bonchev–Trinajstić information content (AvgIpc) is 3.26. The van der Waals surface area contributed by atoms with Crippen LogP contribution in [0.15, 0.2) is 38.5 Å². The van der Waals surface area contributed by atoms with E-state index in [1.165, 1.54) is 17.7 Å². The number of nitrogens with one attached hydrogen (secondary N) is 1. The number of hydrogen-bond donors (Lipinski definition) is 2. The number of nitrogens with two attached hydrogens (primary N) is 1. The average molecular weight is 688 g/mol. The van der Waals surface area contributed by atoms with E-state index in [9.17, 15) is 22.8 Å². The fraction of sp³-hybridized carbons (Fsp3) is 0.690. The maximum Gasteiger partial charge on any atom is 0.330 e. The first-order valence-electron chi connectivity index (χ1n) is 14.9. The van der Waals surface area contributed by atoms with Gasteiger partial charge in [0.15, 0.2) is 28.5 Å². The van der Waals surface area contributed by atoms with Gasteiger partial charge in [-0.05, 0) is 56.2 Å². The zero-order chi connectivity index (χ0) is 34.6. The molecule has 0 saturated carbocycles. The maximum absolute atomic E-state index is 13.7. The molecule has 1 aromatic heterocycles. The second kappa shape index (κ2) is 12.4. The third-order valence-corrected chi connectivity index (χ3v) is 19.7. The van der Waals surface area contributed by atoms with E-state index in [1.807, 2.05) is 47.0 Å². The Kier molecular flexibility index (Phi) is 10.2. The minimum absolute atomic E-state index is 0.0863. The number of aryl methyl sites for hydroxylation is 1. The number of nitrogens with zero attached hydrogens (tertiary/aromatic N) is 1. The molecule has 2 aliphatic rings. The smallest absolute Gasteiger partial charge is 0.330 e. The molecule has 3 rings (SSSR count). The van der Waals surface area contributed by atoms with Crippen molar-refractivity contribution in [3.05, 3.63) is 55.4 Å². The van der Waals surface area contributed by atoms with Gasteiger partial charge in [-0.3, -0.25) is 14.3 Å². The quantitative estimate of drug-likeness (QED) is 0.168. The van der Waals surface area contributed by atoms with Crippen LogP contribution < -0.4 is 17.0 Å². The number of H-pyrrole nitrogens is 1. The van der Waals surface area contributed by atoms with E-state index in [0.717, 1.165) is 12.2 Å². The number of hydrogen-bond acceptors (Lipinski definition) is 11. The van der Waals surface area contributed by atoms with Crippen LogP contribution in [-0.4, -0.2) is 71.6 Å². The predicted octanol–water partition coefficient (Wildman–Crippen LogP) is 3.54. The van der Waals surface area contributed by atoms with E-state index in [1.54, 1.807) is 6.92 Å². The minimum Gasteiger partial charge on any atom is -0.463 e. The Labute approximate surface area is 267 Å². The Hall–Kier alpha value is -2.35. The standard InChI is InChI=1S/C29H49N3O10SSi2/c1-13-38-21(33)15-14-19-22(30)29(42-43(19,36)37)20(17-39-44(9,10)27(3,4)5)40-25(23(29)41-45(11,12)28(6,7)8)32-16-18(2)24(34)31-26(32)35/h14-16,20,23,25H,13,17,30H2,1-12H3,(H,31,34,35)/b15-14+/t20-,23+,25-,29+/m1/s1. The van der Waals surface area contributed by atoms with E-state index in [-0.39, 0.29) is 34.6 Å². The molecule has 1 aromatic rings.